The van der Waals surface area contributed by atoms with Gasteiger partial charge in [-0.1, -0.05) is 25.8 Å². The Kier molecular flexibility index (Phi) is 5.76. The highest BCUT2D eigenvalue weighted by molar-refractivity contribution is 5.77. The maximum Gasteiger partial charge on any atom is 0.223 e. The first-order chi connectivity index (χ1) is 12.5. The second-order valence-electron chi connectivity index (χ2n) is 7.65. The molecule has 2 aliphatic rings. The van der Waals surface area contributed by atoms with Gasteiger partial charge in [-0.2, -0.15) is 0 Å². The molecule has 3 rings (SSSR count). The Balaban J connectivity index is 2.01. The summed E-state index contributed by atoms with van der Waals surface area (Å²) in [5, 5.41) is 21.3. The molecule has 2 N–H and O–H groups in total. The summed E-state index contributed by atoms with van der Waals surface area (Å²) in [7, 11) is 0. The molecule has 1 aliphatic heterocycles. The SMILES string of the molecule is CCCC(=O)N1CCC2(O)CCCCC2C1c1ccc(O)c(OCC)c1. The minimum absolute atomic E-state index is 0.0322. The van der Waals surface area contributed by atoms with E-state index in [4.69, 9.17) is 4.74 Å². The van der Waals surface area contributed by atoms with E-state index in [-0.39, 0.29) is 23.6 Å². The molecule has 26 heavy (non-hydrogen) atoms. The van der Waals surface area contributed by atoms with Crippen LogP contribution in [-0.4, -0.2) is 39.8 Å². The van der Waals surface area contributed by atoms with E-state index in [9.17, 15) is 15.0 Å². The van der Waals surface area contributed by atoms with Gasteiger partial charge in [-0.3, -0.25) is 4.79 Å². The van der Waals surface area contributed by atoms with Crippen LogP contribution in [0.2, 0.25) is 0 Å². The van der Waals surface area contributed by atoms with Gasteiger partial charge in [-0.15, -0.1) is 0 Å². The lowest BCUT2D eigenvalue weighted by atomic mass is 9.66. The molecule has 2 fully saturated rings. The lowest BCUT2D eigenvalue weighted by molar-refractivity contribution is -0.155. The first kappa shape index (κ1) is 19.0. The molecule has 1 aromatic carbocycles. The number of hydrogen-bond acceptors (Lipinski definition) is 4. The number of phenolic OH excluding ortho intramolecular Hbond substituents is 1. The van der Waals surface area contributed by atoms with Gasteiger partial charge in [-0.05, 0) is 50.3 Å². The smallest absolute Gasteiger partial charge is 0.223 e. The molecule has 1 aliphatic carbocycles. The highest BCUT2D eigenvalue weighted by Crippen LogP contribution is 2.50. The van der Waals surface area contributed by atoms with Crippen molar-refractivity contribution in [3.8, 4) is 11.5 Å². The van der Waals surface area contributed by atoms with Crippen LogP contribution in [0, 0.1) is 5.92 Å². The predicted molar refractivity (Wildman–Crippen MR) is 100 cm³/mol. The number of ether oxygens (including phenoxy) is 1. The Morgan fingerprint density at radius 3 is 2.85 bits per heavy atom. The molecular formula is C21H31NO4. The lowest BCUT2D eigenvalue weighted by Crippen LogP contribution is -2.56. The van der Waals surface area contributed by atoms with Crippen LogP contribution < -0.4 is 4.74 Å². The quantitative estimate of drug-likeness (QED) is 0.837. The van der Waals surface area contributed by atoms with Crippen LogP contribution >= 0.6 is 0 Å². The topological polar surface area (TPSA) is 70.0 Å². The van der Waals surface area contributed by atoms with Crippen molar-refractivity contribution in [1.29, 1.82) is 0 Å². The van der Waals surface area contributed by atoms with E-state index in [1.165, 1.54) is 0 Å². The van der Waals surface area contributed by atoms with Gasteiger partial charge in [0.15, 0.2) is 11.5 Å². The summed E-state index contributed by atoms with van der Waals surface area (Å²) in [5.74, 6) is 0.732. The van der Waals surface area contributed by atoms with Crippen LogP contribution in [0.5, 0.6) is 11.5 Å². The Hall–Kier alpha value is -1.75. The first-order valence-corrected chi connectivity index (χ1v) is 9.97. The van der Waals surface area contributed by atoms with Gasteiger partial charge in [0, 0.05) is 18.9 Å². The van der Waals surface area contributed by atoms with E-state index in [0.29, 0.717) is 31.7 Å². The van der Waals surface area contributed by atoms with Crippen LogP contribution in [0.25, 0.3) is 0 Å². The van der Waals surface area contributed by atoms with Gasteiger partial charge in [0.25, 0.3) is 0 Å². The summed E-state index contributed by atoms with van der Waals surface area (Å²) in [6, 6.07) is 5.19. The maximum absolute atomic E-state index is 12.8. The van der Waals surface area contributed by atoms with E-state index in [1.54, 1.807) is 6.07 Å². The molecule has 0 spiro atoms. The van der Waals surface area contributed by atoms with Crippen LogP contribution in [-0.2, 0) is 4.79 Å². The first-order valence-electron chi connectivity index (χ1n) is 9.97. The number of nitrogens with zero attached hydrogens (tertiary/aromatic N) is 1. The summed E-state index contributed by atoms with van der Waals surface area (Å²) in [4.78, 5) is 14.8. The minimum Gasteiger partial charge on any atom is -0.504 e. The molecule has 3 atom stereocenters. The van der Waals surface area contributed by atoms with E-state index in [1.807, 2.05) is 30.9 Å². The van der Waals surface area contributed by atoms with E-state index in [0.717, 1.165) is 37.7 Å². The fraction of sp³-hybridized carbons (Fsp3) is 0.667. The van der Waals surface area contributed by atoms with Gasteiger partial charge in [-0.25, -0.2) is 0 Å². The minimum atomic E-state index is -0.699. The summed E-state index contributed by atoms with van der Waals surface area (Å²) in [6.07, 6.45) is 5.84. The van der Waals surface area contributed by atoms with Crippen molar-refractivity contribution in [2.75, 3.05) is 13.2 Å². The number of carbonyl (C=O) groups excluding carboxylic acids is 1. The maximum atomic E-state index is 12.8. The number of aromatic hydroxyl groups is 1. The standard InChI is InChI=1S/C21H31NO4/c1-3-7-19(24)22-13-12-21(25)11-6-5-8-16(21)20(22)15-9-10-17(23)18(14-15)26-4-2/h9-10,14,16,20,23,25H,3-8,11-13H2,1-2H3. The Labute approximate surface area is 156 Å². The van der Waals surface area contributed by atoms with Gasteiger partial charge in [0.1, 0.15) is 0 Å². The van der Waals surface area contributed by atoms with Crippen molar-refractivity contribution in [2.45, 2.75) is 70.4 Å². The van der Waals surface area contributed by atoms with Crippen molar-refractivity contribution in [1.82, 2.24) is 4.90 Å². The molecule has 5 nitrogen and oxygen atoms in total. The second-order valence-corrected chi connectivity index (χ2v) is 7.65. The highest BCUT2D eigenvalue weighted by atomic mass is 16.5. The van der Waals surface area contributed by atoms with Crippen molar-refractivity contribution in [3.05, 3.63) is 23.8 Å². The number of rotatable bonds is 5. The summed E-state index contributed by atoms with van der Waals surface area (Å²) in [6.45, 7) is 4.94. The van der Waals surface area contributed by atoms with Crippen LogP contribution in [0.3, 0.4) is 0 Å². The number of benzene rings is 1. The fourth-order valence-corrected chi connectivity index (χ4v) is 4.72. The van der Waals surface area contributed by atoms with Gasteiger partial charge in [0.2, 0.25) is 5.91 Å². The van der Waals surface area contributed by atoms with Crippen molar-refractivity contribution < 1.29 is 19.7 Å². The van der Waals surface area contributed by atoms with Crippen LogP contribution in [0.1, 0.15) is 70.4 Å². The summed E-state index contributed by atoms with van der Waals surface area (Å²) < 4.78 is 5.56. The number of carbonyl (C=O) groups is 1. The molecule has 0 aromatic heterocycles. The fourth-order valence-electron chi connectivity index (χ4n) is 4.72. The normalized spacial score (nSPS) is 28.5. The monoisotopic (exact) mass is 361 g/mol. The zero-order chi connectivity index (χ0) is 18.7. The number of fused-ring (bicyclic) bond motifs is 1. The molecule has 0 bridgehead atoms. The van der Waals surface area contributed by atoms with Gasteiger partial charge >= 0.3 is 0 Å². The molecule has 144 valence electrons. The van der Waals surface area contributed by atoms with Crippen molar-refractivity contribution in [2.24, 2.45) is 5.92 Å². The average molecular weight is 361 g/mol. The van der Waals surface area contributed by atoms with Crippen molar-refractivity contribution in [3.63, 3.8) is 0 Å². The van der Waals surface area contributed by atoms with Gasteiger partial charge in [0.05, 0.1) is 18.2 Å². The lowest BCUT2D eigenvalue weighted by Gasteiger charge is -2.52. The molecule has 1 aromatic rings. The van der Waals surface area contributed by atoms with Gasteiger partial charge < -0.3 is 19.8 Å². The number of amides is 1. The average Bonchev–Trinajstić information content (AvgIpc) is 2.62. The van der Waals surface area contributed by atoms with E-state index < -0.39 is 5.60 Å². The third-order valence-electron chi connectivity index (χ3n) is 5.98. The molecule has 1 saturated heterocycles. The third kappa shape index (κ3) is 3.54. The van der Waals surface area contributed by atoms with E-state index >= 15 is 0 Å². The third-order valence-corrected chi connectivity index (χ3v) is 5.98. The molecule has 1 saturated carbocycles. The Morgan fingerprint density at radius 1 is 1.31 bits per heavy atom. The number of aliphatic hydroxyl groups is 1. The Morgan fingerprint density at radius 2 is 2.12 bits per heavy atom. The molecule has 3 unspecified atom stereocenters. The molecule has 1 amide bonds. The largest absolute Gasteiger partial charge is 0.504 e. The van der Waals surface area contributed by atoms with Crippen LogP contribution in [0.4, 0.5) is 0 Å². The van der Waals surface area contributed by atoms with E-state index in [2.05, 4.69) is 0 Å². The summed E-state index contributed by atoms with van der Waals surface area (Å²) in [5.41, 5.74) is 0.246. The highest BCUT2D eigenvalue weighted by Gasteiger charge is 2.50. The number of piperidine rings is 1. The number of likely N-dealkylation sites (tertiary alicyclic amines) is 1. The predicted octanol–water partition coefficient (Wildman–Crippen LogP) is 3.79. The molecule has 0 radical (unpaired) electrons. The zero-order valence-corrected chi connectivity index (χ0v) is 15.9. The molecular weight excluding hydrogens is 330 g/mol. The number of hydrogen-bond donors (Lipinski definition) is 2. The molecule has 5 heteroatoms. The number of phenols is 1. The Bertz CT molecular complexity index is 647. The molecule has 1 heterocycles. The second kappa shape index (κ2) is 7.87. The zero-order valence-electron chi connectivity index (χ0n) is 15.9. The van der Waals surface area contributed by atoms with Crippen LogP contribution in [0.15, 0.2) is 18.2 Å². The summed E-state index contributed by atoms with van der Waals surface area (Å²) >= 11 is 0. The van der Waals surface area contributed by atoms with Crippen molar-refractivity contribution >= 4 is 5.91 Å².